The first-order valence-electron chi connectivity index (χ1n) is 7.43. The number of rotatable bonds is 4. The average molecular weight is 342 g/mol. The first kappa shape index (κ1) is 16.3. The standard InChI is InChI=1S/C15H14N6O4/c1-9-2-4-11-12(6-7-16-15(11)17-9)18-19-13-5-3-10(20(22)23)8-14(13)21(24)25/h2-5,8,19H,6-7H2,1H3,(H,16,17)/b18-12+. The first-order chi connectivity index (χ1) is 12.0. The van der Waals surface area contributed by atoms with Gasteiger partial charge in [0, 0.05) is 30.3 Å². The lowest BCUT2D eigenvalue weighted by molar-refractivity contribution is -0.393. The lowest BCUT2D eigenvalue weighted by Gasteiger charge is -2.19. The summed E-state index contributed by atoms with van der Waals surface area (Å²) in [7, 11) is 0. The zero-order chi connectivity index (χ0) is 18.0. The van der Waals surface area contributed by atoms with E-state index in [9.17, 15) is 20.2 Å². The molecule has 2 N–H and O–H groups in total. The van der Waals surface area contributed by atoms with Crippen LogP contribution in [0.25, 0.3) is 0 Å². The van der Waals surface area contributed by atoms with E-state index in [2.05, 4.69) is 20.8 Å². The third kappa shape index (κ3) is 3.37. The van der Waals surface area contributed by atoms with Crippen LogP contribution in [0.5, 0.6) is 0 Å². The van der Waals surface area contributed by atoms with Crippen LogP contribution < -0.4 is 10.7 Å². The van der Waals surface area contributed by atoms with E-state index in [1.807, 2.05) is 19.1 Å². The van der Waals surface area contributed by atoms with Gasteiger partial charge in [-0.05, 0) is 25.1 Å². The first-order valence-corrected chi connectivity index (χ1v) is 7.43. The van der Waals surface area contributed by atoms with Gasteiger partial charge in [0.15, 0.2) is 0 Å². The molecule has 0 bridgehead atoms. The van der Waals surface area contributed by atoms with Crippen LogP contribution in [0, 0.1) is 27.2 Å². The number of non-ortho nitro benzene ring substituents is 1. The number of aromatic nitrogens is 1. The molecule has 1 aromatic heterocycles. The van der Waals surface area contributed by atoms with Crippen molar-refractivity contribution in [3.05, 3.63) is 61.8 Å². The van der Waals surface area contributed by atoms with E-state index in [4.69, 9.17) is 0 Å². The lowest BCUT2D eigenvalue weighted by atomic mass is 10.0. The highest BCUT2D eigenvalue weighted by Gasteiger charge is 2.20. The molecule has 0 atom stereocenters. The number of benzene rings is 1. The molecule has 128 valence electrons. The van der Waals surface area contributed by atoms with E-state index in [1.54, 1.807) is 0 Å². The molecule has 0 saturated heterocycles. The summed E-state index contributed by atoms with van der Waals surface area (Å²) in [5.74, 6) is 0.713. The van der Waals surface area contributed by atoms with Crippen LogP contribution in [-0.2, 0) is 0 Å². The molecule has 0 radical (unpaired) electrons. The second-order valence-electron chi connectivity index (χ2n) is 5.41. The average Bonchev–Trinajstić information content (AvgIpc) is 2.59. The van der Waals surface area contributed by atoms with E-state index in [-0.39, 0.29) is 11.4 Å². The Bertz CT molecular complexity index is 896. The minimum absolute atomic E-state index is 0.0863. The Balaban J connectivity index is 1.93. The Kier molecular flexibility index (Phi) is 4.25. The summed E-state index contributed by atoms with van der Waals surface area (Å²) in [6.07, 6.45) is 0.617. The number of aryl methyl sites for hydroxylation is 1. The van der Waals surface area contributed by atoms with Crippen molar-refractivity contribution in [1.82, 2.24) is 4.98 Å². The molecule has 1 aliphatic rings. The van der Waals surface area contributed by atoms with E-state index >= 15 is 0 Å². The molecule has 0 spiro atoms. The molecule has 0 saturated carbocycles. The van der Waals surface area contributed by atoms with Crippen molar-refractivity contribution in [3.63, 3.8) is 0 Å². The summed E-state index contributed by atoms with van der Waals surface area (Å²) in [6, 6.07) is 7.11. The maximum absolute atomic E-state index is 11.2. The molecule has 1 aliphatic heterocycles. The van der Waals surface area contributed by atoms with Crippen LogP contribution in [0.15, 0.2) is 35.4 Å². The van der Waals surface area contributed by atoms with Crippen molar-refractivity contribution in [2.24, 2.45) is 5.10 Å². The van der Waals surface area contributed by atoms with Gasteiger partial charge in [-0.25, -0.2) is 4.98 Å². The van der Waals surface area contributed by atoms with Gasteiger partial charge >= 0.3 is 5.69 Å². The fourth-order valence-electron chi connectivity index (χ4n) is 2.48. The van der Waals surface area contributed by atoms with Gasteiger partial charge in [0.25, 0.3) is 5.69 Å². The smallest absolute Gasteiger partial charge is 0.301 e. The van der Waals surface area contributed by atoms with Crippen LogP contribution in [0.1, 0.15) is 17.7 Å². The predicted octanol–water partition coefficient (Wildman–Crippen LogP) is 2.84. The molecule has 0 amide bonds. The third-order valence-corrected chi connectivity index (χ3v) is 3.70. The minimum atomic E-state index is -0.684. The van der Waals surface area contributed by atoms with E-state index in [0.717, 1.165) is 17.3 Å². The van der Waals surface area contributed by atoms with Crippen LogP contribution in [0.3, 0.4) is 0 Å². The number of nitrogens with one attached hydrogen (secondary N) is 2. The largest absolute Gasteiger partial charge is 0.369 e. The monoisotopic (exact) mass is 342 g/mol. The topological polar surface area (TPSA) is 136 Å². The van der Waals surface area contributed by atoms with Crippen LogP contribution in [-0.4, -0.2) is 27.1 Å². The molecule has 10 heteroatoms. The molecule has 2 aromatic rings. The van der Waals surface area contributed by atoms with Gasteiger partial charge in [-0.2, -0.15) is 5.10 Å². The van der Waals surface area contributed by atoms with Crippen molar-refractivity contribution < 1.29 is 9.85 Å². The Morgan fingerprint density at radius 3 is 2.72 bits per heavy atom. The van der Waals surface area contributed by atoms with Gasteiger partial charge in [0.1, 0.15) is 11.5 Å². The van der Waals surface area contributed by atoms with Crippen LogP contribution in [0.2, 0.25) is 0 Å². The van der Waals surface area contributed by atoms with Crippen molar-refractivity contribution >= 4 is 28.6 Å². The number of nitro benzene ring substituents is 2. The fourth-order valence-corrected chi connectivity index (χ4v) is 2.48. The summed E-state index contributed by atoms with van der Waals surface area (Å²) in [4.78, 5) is 25.0. The lowest BCUT2D eigenvalue weighted by Crippen LogP contribution is -2.21. The van der Waals surface area contributed by atoms with E-state index < -0.39 is 15.5 Å². The summed E-state index contributed by atoms with van der Waals surface area (Å²) in [5, 5.41) is 29.4. The van der Waals surface area contributed by atoms with Crippen LogP contribution >= 0.6 is 0 Å². The van der Waals surface area contributed by atoms with Gasteiger partial charge < -0.3 is 5.32 Å². The maximum Gasteiger partial charge on any atom is 0.301 e. The van der Waals surface area contributed by atoms with Gasteiger partial charge in [-0.1, -0.05) is 0 Å². The normalized spacial score (nSPS) is 14.5. The van der Waals surface area contributed by atoms with E-state index in [0.29, 0.717) is 24.5 Å². The fraction of sp³-hybridized carbons (Fsp3) is 0.200. The molecule has 0 unspecified atom stereocenters. The number of hydrogen-bond acceptors (Lipinski definition) is 8. The van der Waals surface area contributed by atoms with Gasteiger partial charge in [0.2, 0.25) is 0 Å². The Morgan fingerprint density at radius 1 is 1.20 bits per heavy atom. The van der Waals surface area contributed by atoms with Crippen molar-refractivity contribution in [2.45, 2.75) is 13.3 Å². The maximum atomic E-state index is 11.2. The second-order valence-corrected chi connectivity index (χ2v) is 5.41. The number of pyridine rings is 1. The Labute approximate surface area is 141 Å². The Morgan fingerprint density at radius 2 is 2.00 bits per heavy atom. The molecular formula is C15H14N6O4. The minimum Gasteiger partial charge on any atom is -0.369 e. The summed E-state index contributed by atoms with van der Waals surface area (Å²) >= 11 is 0. The third-order valence-electron chi connectivity index (χ3n) is 3.70. The molecular weight excluding hydrogens is 328 g/mol. The summed E-state index contributed by atoms with van der Waals surface area (Å²) in [5.41, 5.74) is 4.37. The molecule has 25 heavy (non-hydrogen) atoms. The molecule has 2 heterocycles. The summed E-state index contributed by atoms with van der Waals surface area (Å²) in [6.45, 7) is 2.53. The molecule has 3 rings (SSSR count). The van der Waals surface area contributed by atoms with Crippen molar-refractivity contribution in [1.29, 1.82) is 0 Å². The number of fused-ring (bicyclic) bond motifs is 1. The summed E-state index contributed by atoms with van der Waals surface area (Å²) < 4.78 is 0. The second kappa shape index (κ2) is 6.51. The SMILES string of the molecule is Cc1ccc2c(n1)NCC/C2=N\Nc1ccc([N+](=O)[O-])cc1[N+](=O)[O-]. The molecule has 1 aromatic carbocycles. The number of anilines is 2. The highest BCUT2D eigenvalue weighted by Crippen LogP contribution is 2.29. The predicted molar refractivity (Wildman–Crippen MR) is 92.0 cm³/mol. The molecule has 0 aliphatic carbocycles. The van der Waals surface area contributed by atoms with Gasteiger partial charge in [0.05, 0.1) is 21.6 Å². The zero-order valence-corrected chi connectivity index (χ0v) is 13.2. The zero-order valence-electron chi connectivity index (χ0n) is 13.2. The number of hydrazone groups is 1. The molecule has 10 nitrogen and oxygen atoms in total. The van der Waals surface area contributed by atoms with E-state index in [1.165, 1.54) is 12.1 Å². The highest BCUT2D eigenvalue weighted by molar-refractivity contribution is 6.06. The molecule has 0 fully saturated rings. The Hall–Kier alpha value is -3.56. The van der Waals surface area contributed by atoms with Crippen molar-refractivity contribution in [2.75, 3.05) is 17.3 Å². The quantitative estimate of drug-likeness (QED) is 0.644. The van der Waals surface area contributed by atoms with Gasteiger partial charge in [-0.3, -0.25) is 25.7 Å². The number of hydrogen-bond donors (Lipinski definition) is 2. The van der Waals surface area contributed by atoms with Crippen molar-refractivity contribution in [3.8, 4) is 0 Å². The number of nitrogens with zero attached hydrogens (tertiary/aromatic N) is 4. The van der Waals surface area contributed by atoms with Gasteiger partial charge in [-0.15, -0.1) is 0 Å². The number of nitro groups is 2. The highest BCUT2D eigenvalue weighted by atomic mass is 16.6. The van der Waals surface area contributed by atoms with Crippen LogP contribution in [0.4, 0.5) is 22.9 Å².